The van der Waals surface area contributed by atoms with Crippen LogP contribution in [0, 0.1) is 0 Å². The molecule has 1 aromatic carbocycles. The Balaban J connectivity index is 2.28. The molecule has 0 saturated heterocycles. The van der Waals surface area contributed by atoms with Gasteiger partial charge in [-0.1, -0.05) is 47.3 Å². The van der Waals surface area contributed by atoms with E-state index >= 15 is 0 Å². The fraction of sp³-hybridized carbons (Fsp3) is 0.538. The van der Waals surface area contributed by atoms with Gasteiger partial charge in [0.2, 0.25) is 10.0 Å². The lowest BCUT2D eigenvalue weighted by Gasteiger charge is -2.36. The minimum Gasteiger partial charge on any atom is -0.207 e. The lowest BCUT2D eigenvalue weighted by Crippen LogP contribution is -2.51. The molecule has 0 heterocycles. The van der Waals surface area contributed by atoms with E-state index in [0.29, 0.717) is 14.7 Å². The Kier molecular flexibility index (Phi) is 5.09. The quantitative estimate of drug-likeness (QED) is 0.766. The zero-order valence-corrected chi connectivity index (χ0v) is 14.5. The van der Waals surface area contributed by atoms with E-state index in [0.717, 1.165) is 25.7 Å². The van der Waals surface area contributed by atoms with Gasteiger partial charge in [-0.3, -0.25) is 0 Å². The van der Waals surface area contributed by atoms with E-state index in [4.69, 9.17) is 0 Å². The molecule has 0 unspecified atom stereocenters. The van der Waals surface area contributed by atoms with E-state index in [1.54, 1.807) is 18.2 Å². The lowest BCUT2D eigenvalue weighted by molar-refractivity contribution is 0.301. The molecule has 2 rings (SSSR count). The third-order valence-corrected chi connectivity index (χ3v) is 7.21. The predicted octanol–water partition coefficient (Wildman–Crippen LogP) is 3.83. The first kappa shape index (κ1) is 15.5. The summed E-state index contributed by atoms with van der Waals surface area (Å²) < 4.78 is 28.6. The lowest BCUT2D eigenvalue weighted by atomic mass is 9.84. The molecule has 0 atom stereocenters. The van der Waals surface area contributed by atoms with Crippen molar-refractivity contribution < 1.29 is 8.42 Å². The first-order chi connectivity index (χ1) is 8.99. The SMILES string of the molecule is O=S(=O)(NC1(CBr)CCCCC1)c1ccccc1Br. The second-order valence-electron chi connectivity index (χ2n) is 5.01. The maximum Gasteiger partial charge on any atom is 0.242 e. The number of alkyl halides is 1. The highest BCUT2D eigenvalue weighted by Crippen LogP contribution is 2.32. The summed E-state index contributed by atoms with van der Waals surface area (Å²) in [7, 11) is -3.49. The van der Waals surface area contributed by atoms with Gasteiger partial charge in [0.1, 0.15) is 0 Å². The summed E-state index contributed by atoms with van der Waals surface area (Å²) in [6, 6.07) is 6.92. The molecule has 0 spiro atoms. The maximum absolute atomic E-state index is 12.5. The molecular formula is C13H17Br2NO2S. The van der Waals surface area contributed by atoms with Crippen molar-refractivity contribution in [1.29, 1.82) is 0 Å². The Morgan fingerprint density at radius 1 is 1.16 bits per heavy atom. The number of hydrogen-bond acceptors (Lipinski definition) is 2. The minimum atomic E-state index is -3.49. The molecule has 1 aromatic rings. The molecule has 1 N–H and O–H groups in total. The van der Waals surface area contributed by atoms with Crippen molar-refractivity contribution in [3.05, 3.63) is 28.7 Å². The van der Waals surface area contributed by atoms with Crippen LogP contribution in [0.3, 0.4) is 0 Å². The Bertz CT molecular complexity index is 539. The second kappa shape index (κ2) is 6.24. The Labute approximate surface area is 131 Å². The van der Waals surface area contributed by atoms with Crippen molar-refractivity contribution in [2.24, 2.45) is 0 Å². The molecule has 1 fully saturated rings. The van der Waals surface area contributed by atoms with Gasteiger partial charge in [-0.15, -0.1) is 0 Å². The zero-order valence-electron chi connectivity index (χ0n) is 10.5. The fourth-order valence-electron chi connectivity index (χ4n) is 2.49. The third kappa shape index (κ3) is 3.60. The third-order valence-electron chi connectivity index (χ3n) is 3.54. The molecule has 0 aromatic heterocycles. The average molecular weight is 411 g/mol. The molecule has 0 bridgehead atoms. The van der Waals surface area contributed by atoms with Crippen LogP contribution in [-0.4, -0.2) is 19.3 Å². The van der Waals surface area contributed by atoms with Crippen LogP contribution in [0.4, 0.5) is 0 Å². The van der Waals surface area contributed by atoms with Gasteiger partial charge >= 0.3 is 0 Å². The van der Waals surface area contributed by atoms with Crippen molar-refractivity contribution in [3.8, 4) is 0 Å². The van der Waals surface area contributed by atoms with Crippen LogP contribution in [0.25, 0.3) is 0 Å². The first-order valence-corrected chi connectivity index (χ1v) is 9.73. The average Bonchev–Trinajstić information content (AvgIpc) is 2.39. The number of nitrogens with one attached hydrogen (secondary N) is 1. The highest BCUT2D eigenvalue weighted by molar-refractivity contribution is 9.10. The molecule has 3 nitrogen and oxygen atoms in total. The Hall–Kier alpha value is 0.0900. The van der Waals surface area contributed by atoms with E-state index in [9.17, 15) is 8.42 Å². The zero-order chi connectivity index (χ0) is 13.9. The van der Waals surface area contributed by atoms with Gasteiger partial charge in [0.15, 0.2) is 0 Å². The summed E-state index contributed by atoms with van der Waals surface area (Å²) in [5.41, 5.74) is -0.341. The van der Waals surface area contributed by atoms with Crippen molar-refractivity contribution in [1.82, 2.24) is 4.72 Å². The van der Waals surface area contributed by atoms with Crippen LogP contribution in [0.1, 0.15) is 32.1 Å². The molecule has 6 heteroatoms. The summed E-state index contributed by atoms with van der Waals surface area (Å²) in [4.78, 5) is 0.306. The molecule has 106 valence electrons. The van der Waals surface area contributed by atoms with Crippen LogP contribution in [0.15, 0.2) is 33.6 Å². The summed E-state index contributed by atoms with van der Waals surface area (Å²) >= 11 is 6.78. The number of benzene rings is 1. The normalized spacial score (nSPS) is 19.3. The van der Waals surface area contributed by atoms with Crippen LogP contribution in [0.5, 0.6) is 0 Å². The van der Waals surface area contributed by atoms with E-state index in [1.807, 2.05) is 6.07 Å². The van der Waals surface area contributed by atoms with Crippen molar-refractivity contribution in [3.63, 3.8) is 0 Å². The van der Waals surface area contributed by atoms with Gasteiger partial charge < -0.3 is 0 Å². The maximum atomic E-state index is 12.5. The summed E-state index contributed by atoms with van der Waals surface area (Å²) in [5, 5.41) is 0.656. The Morgan fingerprint density at radius 3 is 2.37 bits per heavy atom. The summed E-state index contributed by atoms with van der Waals surface area (Å²) in [6.45, 7) is 0. The number of hydrogen-bond donors (Lipinski definition) is 1. The van der Waals surface area contributed by atoms with E-state index in [2.05, 4.69) is 36.6 Å². The highest BCUT2D eigenvalue weighted by Gasteiger charge is 2.36. The van der Waals surface area contributed by atoms with Gasteiger partial charge in [-0.2, -0.15) is 0 Å². The first-order valence-electron chi connectivity index (χ1n) is 6.34. The molecule has 1 saturated carbocycles. The van der Waals surface area contributed by atoms with Crippen LogP contribution in [-0.2, 0) is 10.0 Å². The topological polar surface area (TPSA) is 46.2 Å². The van der Waals surface area contributed by atoms with Crippen LogP contribution in [0.2, 0.25) is 0 Å². The molecule has 0 amide bonds. The highest BCUT2D eigenvalue weighted by atomic mass is 79.9. The van der Waals surface area contributed by atoms with Crippen LogP contribution < -0.4 is 4.72 Å². The monoisotopic (exact) mass is 409 g/mol. The second-order valence-corrected chi connectivity index (χ2v) is 8.08. The van der Waals surface area contributed by atoms with Crippen molar-refractivity contribution in [2.75, 3.05) is 5.33 Å². The number of halogens is 2. The molecule has 0 aliphatic heterocycles. The number of rotatable bonds is 4. The van der Waals surface area contributed by atoms with Crippen LogP contribution >= 0.6 is 31.9 Å². The number of sulfonamides is 1. The predicted molar refractivity (Wildman–Crippen MR) is 84.1 cm³/mol. The van der Waals surface area contributed by atoms with Gasteiger partial charge in [-0.05, 0) is 40.9 Å². The van der Waals surface area contributed by atoms with E-state index in [1.165, 1.54) is 6.42 Å². The van der Waals surface area contributed by atoms with Gasteiger partial charge in [-0.25, -0.2) is 13.1 Å². The molecule has 1 aliphatic rings. The van der Waals surface area contributed by atoms with E-state index < -0.39 is 10.0 Å². The minimum absolute atomic E-state index is 0.306. The van der Waals surface area contributed by atoms with Gasteiger partial charge in [0.25, 0.3) is 0 Å². The molecule has 0 radical (unpaired) electrons. The van der Waals surface area contributed by atoms with E-state index in [-0.39, 0.29) is 5.54 Å². The summed E-state index contributed by atoms with van der Waals surface area (Å²) in [5.74, 6) is 0. The van der Waals surface area contributed by atoms with Gasteiger partial charge in [0, 0.05) is 15.3 Å². The van der Waals surface area contributed by atoms with Crippen molar-refractivity contribution >= 4 is 41.9 Å². The Morgan fingerprint density at radius 2 is 1.79 bits per heavy atom. The standard InChI is InChI=1S/C13H17Br2NO2S/c14-10-13(8-4-1-5-9-13)16-19(17,18)12-7-3-2-6-11(12)15/h2-3,6-7,16H,1,4-5,8-10H2. The smallest absolute Gasteiger partial charge is 0.207 e. The summed E-state index contributed by atoms with van der Waals surface area (Å²) in [6.07, 6.45) is 5.11. The molecular weight excluding hydrogens is 394 g/mol. The molecule has 19 heavy (non-hydrogen) atoms. The van der Waals surface area contributed by atoms with Crippen molar-refractivity contribution in [2.45, 2.75) is 42.5 Å². The molecule has 1 aliphatic carbocycles. The largest absolute Gasteiger partial charge is 0.242 e. The van der Waals surface area contributed by atoms with Gasteiger partial charge in [0.05, 0.1) is 4.90 Å². The fourth-order valence-corrected chi connectivity index (χ4v) is 5.84.